The smallest absolute Gasteiger partial charge is 0.408 e. The molecule has 1 unspecified atom stereocenters. The van der Waals surface area contributed by atoms with E-state index in [9.17, 15) is 14.4 Å². The molecule has 0 bridgehead atoms. The number of rotatable bonds is 11. The number of carbonyl (C=O) groups is 3. The first-order valence-corrected chi connectivity index (χ1v) is 11.4. The molecule has 3 amide bonds. The number of methoxy groups -OCH3 is 2. The van der Waals surface area contributed by atoms with Gasteiger partial charge in [0.2, 0.25) is 5.91 Å². The zero-order chi connectivity index (χ0) is 26.0. The average Bonchev–Trinajstić information content (AvgIpc) is 2.81. The normalized spacial score (nSPS) is 11.8. The molecule has 0 aliphatic rings. The van der Waals surface area contributed by atoms with Crippen LogP contribution in [0.3, 0.4) is 0 Å². The highest BCUT2D eigenvalue weighted by atomic mass is 16.6. The van der Waals surface area contributed by atoms with E-state index in [2.05, 4.69) is 5.32 Å². The lowest BCUT2D eigenvalue weighted by Crippen LogP contribution is -2.56. The first-order chi connectivity index (χ1) is 16.5. The van der Waals surface area contributed by atoms with Gasteiger partial charge < -0.3 is 30.2 Å². The van der Waals surface area contributed by atoms with E-state index in [4.69, 9.17) is 19.9 Å². The third-order valence-electron chi connectivity index (χ3n) is 5.16. The zero-order valence-corrected chi connectivity index (χ0v) is 21.0. The van der Waals surface area contributed by atoms with Gasteiger partial charge in [-0.15, -0.1) is 0 Å². The van der Waals surface area contributed by atoms with Crippen molar-refractivity contribution in [2.24, 2.45) is 5.73 Å². The molecule has 2 rings (SSSR count). The summed E-state index contributed by atoms with van der Waals surface area (Å²) in [6.07, 6.45) is 0.187. The van der Waals surface area contributed by atoms with Gasteiger partial charge in [-0.05, 0) is 69.0 Å². The minimum absolute atomic E-state index is 0.321. The van der Waals surface area contributed by atoms with Crippen LogP contribution < -0.4 is 20.5 Å². The fraction of sp³-hybridized carbons (Fsp3) is 0.423. The van der Waals surface area contributed by atoms with E-state index >= 15 is 0 Å². The summed E-state index contributed by atoms with van der Waals surface area (Å²) in [7, 11) is 3.19. The summed E-state index contributed by atoms with van der Waals surface area (Å²) in [4.78, 5) is 39.2. The van der Waals surface area contributed by atoms with Crippen molar-refractivity contribution in [2.45, 2.75) is 45.3 Å². The van der Waals surface area contributed by atoms with Crippen LogP contribution in [0.2, 0.25) is 0 Å². The van der Waals surface area contributed by atoms with Crippen molar-refractivity contribution in [3.05, 3.63) is 59.7 Å². The maximum Gasteiger partial charge on any atom is 0.408 e. The Hall–Kier alpha value is -3.75. The van der Waals surface area contributed by atoms with Crippen molar-refractivity contribution in [3.63, 3.8) is 0 Å². The van der Waals surface area contributed by atoms with Gasteiger partial charge in [0, 0.05) is 13.1 Å². The quantitative estimate of drug-likeness (QED) is 0.472. The van der Waals surface area contributed by atoms with Gasteiger partial charge in [-0.25, -0.2) is 4.79 Å². The van der Waals surface area contributed by atoms with E-state index < -0.39 is 29.6 Å². The molecule has 3 N–H and O–H groups in total. The van der Waals surface area contributed by atoms with Gasteiger partial charge >= 0.3 is 6.09 Å². The van der Waals surface area contributed by atoms with E-state index in [-0.39, 0.29) is 0 Å². The standard InChI is InChI=1S/C26H35N3O6/c1-26(2,3)35-25(32)28-22(23(27)30)24(31)29(16-14-18-6-10-20(33-4)11-7-18)17-15-19-8-12-21(34-5)13-9-19/h6-13,22H,14-17H2,1-5H3,(H2,27,30)(H,28,32). The van der Waals surface area contributed by atoms with Gasteiger partial charge in [0.15, 0.2) is 6.04 Å². The van der Waals surface area contributed by atoms with Crippen LogP contribution in [0.1, 0.15) is 31.9 Å². The van der Waals surface area contributed by atoms with Crippen LogP contribution in [0.15, 0.2) is 48.5 Å². The number of ether oxygens (including phenoxy) is 3. The molecule has 9 heteroatoms. The first-order valence-electron chi connectivity index (χ1n) is 11.4. The Kier molecular flexibility index (Phi) is 9.93. The Morgan fingerprint density at radius 2 is 1.29 bits per heavy atom. The molecule has 0 saturated carbocycles. The first kappa shape index (κ1) is 27.5. The Balaban J connectivity index is 2.17. The maximum atomic E-state index is 13.3. The largest absolute Gasteiger partial charge is 0.497 e. The number of primary amides is 1. The molecule has 0 heterocycles. The van der Waals surface area contributed by atoms with Gasteiger partial charge in [-0.2, -0.15) is 0 Å². The molecule has 190 valence electrons. The molecule has 0 spiro atoms. The van der Waals surface area contributed by atoms with Crippen molar-refractivity contribution in [2.75, 3.05) is 27.3 Å². The molecule has 0 aliphatic heterocycles. The third kappa shape index (κ3) is 9.19. The van der Waals surface area contributed by atoms with Crippen LogP contribution in [0.5, 0.6) is 11.5 Å². The number of benzene rings is 2. The van der Waals surface area contributed by atoms with Crippen LogP contribution in [0.25, 0.3) is 0 Å². The molecular weight excluding hydrogens is 450 g/mol. The van der Waals surface area contributed by atoms with Crippen LogP contribution in [0.4, 0.5) is 4.79 Å². The number of hydrogen-bond donors (Lipinski definition) is 2. The molecule has 1 atom stereocenters. The van der Waals surface area contributed by atoms with Crippen LogP contribution in [-0.4, -0.2) is 61.8 Å². The molecule has 0 fully saturated rings. The Morgan fingerprint density at radius 3 is 1.63 bits per heavy atom. The number of nitrogens with one attached hydrogen (secondary N) is 1. The van der Waals surface area contributed by atoms with Gasteiger partial charge in [-0.3, -0.25) is 9.59 Å². The molecule has 0 aromatic heterocycles. The summed E-state index contributed by atoms with van der Waals surface area (Å²) in [6, 6.07) is 13.5. The van der Waals surface area contributed by atoms with Crippen LogP contribution in [0, 0.1) is 0 Å². The maximum absolute atomic E-state index is 13.3. The molecule has 2 aromatic rings. The number of amides is 3. The third-order valence-corrected chi connectivity index (χ3v) is 5.16. The molecule has 0 radical (unpaired) electrons. The summed E-state index contributed by atoms with van der Waals surface area (Å²) in [5.74, 6) is -0.0850. The molecule has 0 aliphatic carbocycles. The van der Waals surface area contributed by atoms with E-state index in [1.54, 1.807) is 35.0 Å². The second-order valence-electron chi connectivity index (χ2n) is 9.00. The summed E-state index contributed by atoms with van der Waals surface area (Å²) in [6.45, 7) is 5.69. The number of alkyl carbamates (subject to hydrolysis) is 1. The van der Waals surface area contributed by atoms with Crippen molar-refractivity contribution in [1.29, 1.82) is 0 Å². The number of nitrogens with two attached hydrogens (primary N) is 1. The summed E-state index contributed by atoms with van der Waals surface area (Å²) >= 11 is 0. The summed E-state index contributed by atoms with van der Waals surface area (Å²) in [5, 5.41) is 2.32. The van der Waals surface area contributed by atoms with E-state index in [0.717, 1.165) is 22.6 Å². The number of hydrogen-bond acceptors (Lipinski definition) is 6. The lowest BCUT2D eigenvalue weighted by Gasteiger charge is -2.28. The monoisotopic (exact) mass is 485 g/mol. The van der Waals surface area contributed by atoms with Crippen LogP contribution >= 0.6 is 0 Å². The SMILES string of the molecule is COc1ccc(CCN(CCc2ccc(OC)cc2)C(=O)C(NC(=O)OC(C)(C)C)C(N)=O)cc1. The molecule has 9 nitrogen and oxygen atoms in total. The lowest BCUT2D eigenvalue weighted by atomic mass is 10.1. The molecule has 2 aromatic carbocycles. The molecule has 35 heavy (non-hydrogen) atoms. The van der Waals surface area contributed by atoms with E-state index in [0.29, 0.717) is 25.9 Å². The average molecular weight is 486 g/mol. The van der Waals surface area contributed by atoms with Crippen molar-refractivity contribution >= 4 is 17.9 Å². The Labute approximate surface area is 206 Å². The zero-order valence-electron chi connectivity index (χ0n) is 21.0. The highest BCUT2D eigenvalue weighted by Gasteiger charge is 2.32. The fourth-order valence-electron chi connectivity index (χ4n) is 3.31. The predicted molar refractivity (Wildman–Crippen MR) is 132 cm³/mol. The molecule has 0 saturated heterocycles. The van der Waals surface area contributed by atoms with Gasteiger partial charge in [0.25, 0.3) is 5.91 Å². The minimum Gasteiger partial charge on any atom is -0.497 e. The van der Waals surface area contributed by atoms with Crippen molar-refractivity contribution in [3.8, 4) is 11.5 Å². The lowest BCUT2D eigenvalue weighted by molar-refractivity contribution is -0.138. The number of carbonyl (C=O) groups excluding carboxylic acids is 3. The van der Waals surface area contributed by atoms with Crippen molar-refractivity contribution < 1.29 is 28.6 Å². The van der Waals surface area contributed by atoms with E-state index in [1.807, 2.05) is 48.5 Å². The second kappa shape index (κ2) is 12.6. The fourth-order valence-corrected chi connectivity index (χ4v) is 3.31. The molecular formula is C26H35N3O6. The topological polar surface area (TPSA) is 120 Å². The minimum atomic E-state index is -1.54. The van der Waals surface area contributed by atoms with Gasteiger partial charge in [-0.1, -0.05) is 24.3 Å². The Morgan fingerprint density at radius 1 is 0.857 bits per heavy atom. The second-order valence-corrected chi connectivity index (χ2v) is 9.00. The summed E-state index contributed by atoms with van der Waals surface area (Å²) in [5.41, 5.74) is 6.67. The van der Waals surface area contributed by atoms with Crippen molar-refractivity contribution in [1.82, 2.24) is 10.2 Å². The van der Waals surface area contributed by atoms with Gasteiger partial charge in [0.1, 0.15) is 17.1 Å². The Bertz CT molecular complexity index is 932. The number of nitrogens with zero attached hydrogens (tertiary/aromatic N) is 1. The predicted octanol–water partition coefficient (Wildman–Crippen LogP) is 2.70. The van der Waals surface area contributed by atoms with Gasteiger partial charge in [0.05, 0.1) is 14.2 Å². The summed E-state index contributed by atoms with van der Waals surface area (Å²) < 4.78 is 15.6. The highest BCUT2D eigenvalue weighted by Crippen LogP contribution is 2.15. The van der Waals surface area contributed by atoms with E-state index in [1.165, 1.54) is 4.90 Å². The highest BCUT2D eigenvalue weighted by molar-refractivity contribution is 6.05. The van der Waals surface area contributed by atoms with Crippen LogP contribution in [-0.2, 0) is 27.2 Å².